The molecule has 2 aromatic carbocycles. The maximum absolute atomic E-state index is 5.43. The van der Waals surface area contributed by atoms with E-state index in [1.165, 1.54) is 5.56 Å². The normalized spacial score (nSPS) is 10.1. The molecule has 0 aliphatic heterocycles. The van der Waals surface area contributed by atoms with Crippen molar-refractivity contribution in [1.29, 1.82) is 0 Å². The molecule has 0 N–H and O–H groups in total. The Kier molecular flexibility index (Phi) is 5.39. The fraction of sp³-hybridized carbons (Fsp3) is 0.167. The Balaban J connectivity index is 0.00000176. The van der Waals surface area contributed by atoms with Crippen LogP contribution in [0.3, 0.4) is 0 Å². The van der Waals surface area contributed by atoms with Crippen LogP contribution in [0.15, 0.2) is 60.8 Å². The Morgan fingerprint density at radius 2 is 1.64 bits per heavy atom. The van der Waals surface area contributed by atoms with Gasteiger partial charge in [-0.2, -0.15) is 4.57 Å². The van der Waals surface area contributed by atoms with Gasteiger partial charge >= 0.3 is 0 Å². The second kappa shape index (κ2) is 7.27. The zero-order chi connectivity index (χ0) is 14.7. The van der Waals surface area contributed by atoms with E-state index >= 15 is 0 Å². The lowest BCUT2D eigenvalue weighted by molar-refractivity contribution is -0.662. The predicted molar refractivity (Wildman–Crippen MR) is 82.8 cm³/mol. The molecule has 1 heterocycles. The quantitative estimate of drug-likeness (QED) is 0.621. The second-order valence-electron chi connectivity index (χ2n) is 4.88. The summed E-state index contributed by atoms with van der Waals surface area (Å²) in [6, 6.07) is 18.4. The van der Waals surface area contributed by atoms with Crippen LogP contribution in [-0.4, -0.2) is 14.2 Å². The summed E-state index contributed by atoms with van der Waals surface area (Å²) in [5.74, 6) is 1.78. The van der Waals surface area contributed by atoms with E-state index in [9.17, 15) is 0 Å². The van der Waals surface area contributed by atoms with Crippen LogP contribution in [0.25, 0.3) is 10.9 Å². The first kappa shape index (κ1) is 16.3. The van der Waals surface area contributed by atoms with Crippen molar-refractivity contribution in [1.82, 2.24) is 0 Å². The molecule has 0 saturated carbocycles. The van der Waals surface area contributed by atoms with E-state index in [-0.39, 0.29) is 17.0 Å². The highest BCUT2D eigenvalue weighted by Crippen LogP contribution is 2.22. The standard InChI is InChI=1S/C18H18NO2.BrH/c1-20-15-10-8-14(9-11-15)13-19-12-4-5-16-17(19)6-3-7-18(16)21-2;/h3-12H,13H2,1-2H3;1H/q+1;/p-1. The molecule has 3 aromatic rings. The molecular weight excluding hydrogens is 342 g/mol. The van der Waals surface area contributed by atoms with Crippen LogP contribution in [0, 0.1) is 0 Å². The molecule has 22 heavy (non-hydrogen) atoms. The molecule has 0 amide bonds. The van der Waals surface area contributed by atoms with Crippen LogP contribution >= 0.6 is 0 Å². The van der Waals surface area contributed by atoms with E-state index in [2.05, 4.69) is 35.0 Å². The van der Waals surface area contributed by atoms with Crippen LogP contribution in [0.5, 0.6) is 11.5 Å². The number of ether oxygens (including phenoxy) is 2. The average molecular weight is 360 g/mol. The van der Waals surface area contributed by atoms with Gasteiger partial charge < -0.3 is 26.5 Å². The summed E-state index contributed by atoms with van der Waals surface area (Å²) in [7, 11) is 3.39. The molecule has 0 spiro atoms. The van der Waals surface area contributed by atoms with E-state index in [1.807, 2.05) is 30.3 Å². The lowest BCUT2D eigenvalue weighted by atomic mass is 10.1. The monoisotopic (exact) mass is 359 g/mol. The molecule has 3 nitrogen and oxygen atoms in total. The lowest BCUT2D eigenvalue weighted by Crippen LogP contribution is -3.00. The van der Waals surface area contributed by atoms with Crippen molar-refractivity contribution >= 4 is 10.9 Å². The van der Waals surface area contributed by atoms with E-state index < -0.39 is 0 Å². The van der Waals surface area contributed by atoms with Gasteiger partial charge in [0.25, 0.3) is 0 Å². The molecule has 0 bridgehead atoms. The number of hydrogen-bond donors (Lipinski definition) is 0. The van der Waals surface area contributed by atoms with Crippen LogP contribution < -0.4 is 31.0 Å². The highest BCUT2D eigenvalue weighted by atomic mass is 79.9. The number of pyridine rings is 1. The fourth-order valence-electron chi connectivity index (χ4n) is 2.52. The van der Waals surface area contributed by atoms with Gasteiger partial charge in [0.05, 0.1) is 19.6 Å². The number of nitrogens with zero attached hydrogens (tertiary/aromatic N) is 1. The van der Waals surface area contributed by atoms with Gasteiger partial charge in [0.1, 0.15) is 11.5 Å². The minimum absolute atomic E-state index is 0. The topological polar surface area (TPSA) is 22.3 Å². The zero-order valence-corrected chi connectivity index (χ0v) is 14.2. The van der Waals surface area contributed by atoms with Crippen molar-refractivity contribution < 1.29 is 31.0 Å². The molecule has 0 aliphatic rings. The lowest BCUT2D eigenvalue weighted by Gasteiger charge is -2.06. The maximum atomic E-state index is 5.43. The first-order valence-corrected chi connectivity index (χ1v) is 6.90. The largest absolute Gasteiger partial charge is 1.00 e. The minimum atomic E-state index is 0. The molecule has 1 aromatic heterocycles. The van der Waals surface area contributed by atoms with E-state index in [0.29, 0.717) is 0 Å². The van der Waals surface area contributed by atoms with E-state index in [1.54, 1.807) is 14.2 Å². The summed E-state index contributed by atoms with van der Waals surface area (Å²) < 4.78 is 12.9. The van der Waals surface area contributed by atoms with Crippen molar-refractivity contribution in [2.24, 2.45) is 0 Å². The van der Waals surface area contributed by atoms with Gasteiger partial charge in [-0.3, -0.25) is 0 Å². The Labute approximate surface area is 140 Å². The molecule has 0 fully saturated rings. The minimum Gasteiger partial charge on any atom is -1.00 e. The Bertz CT molecular complexity index is 757. The third kappa shape index (κ3) is 3.22. The summed E-state index contributed by atoms with van der Waals surface area (Å²) in [6.07, 6.45) is 2.09. The predicted octanol–water partition coefficient (Wildman–Crippen LogP) is 0.197. The van der Waals surface area contributed by atoms with Crippen molar-refractivity contribution in [2.75, 3.05) is 14.2 Å². The number of halogens is 1. The summed E-state index contributed by atoms with van der Waals surface area (Å²) in [4.78, 5) is 0. The molecule has 0 aliphatic carbocycles. The third-order valence-corrected chi connectivity index (χ3v) is 3.61. The number of rotatable bonds is 4. The van der Waals surface area contributed by atoms with Gasteiger partial charge in [0.15, 0.2) is 12.7 Å². The number of methoxy groups -OCH3 is 2. The third-order valence-electron chi connectivity index (χ3n) is 3.61. The smallest absolute Gasteiger partial charge is 0.216 e. The molecule has 0 unspecified atom stereocenters. The van der Waals surface area contributed by atoms with Gasteiger partial charge in [-0.15, -0.1) is 0 Å². The van der Waals surface area contributed by atoms with Crippen LogP contribution in [0.4, 0.5) is 0 Å². The number of hydrogen-bond acceptors (Lipinski definition) is 2. The van der Waals surface area contributed by atoms with Gasteiger partial charge in [-0.1, -0.05) is 6.07 Å². The fourth-order valence-corrected chi connectivity index (χ4v) is 2.52. The first-order valence-electron chi connectivity index (χ1n) is 6.90. The SMILES string of the molecule is COc1ccc(C[n+]2cccc3c(OC)cccc32)cc1.[Br-]. The highest BCUT2D eigenvalue weighted by Gasteiger charge is 2.12. The molecule has 0 atom stereocenters. The molecule has 0 radical (unpaired) electrons. The van der Waals surface area contributed by atoms with Crippen LogP contribution in [0.2, 0.25) is 0 Å². The second-order valence-corrected chi connectivity index (χ2v) is 4.88. The van der Waals surface area contributed by atoms with E-state index in [4.69, 9.17) is 9.47 Å². The number of benzene rings is 2. The molecule has 114 valence electrons. The van der Waals surface area contributed by atoms with Gasteiger partial charge in [0, 0.05) is 17.7 Å². The summed E-state index contributed by atoms with van der Waals surface area (Å²) in [6.45, 7) is 0.814. The van der Waals surface area contributed by atoms with Gasteiger partial charge in [-0.05, 0) is 36.4 Å². The van der Waals surface area contributed by atoms with Crippen molar-refractivity contribution in [3.63, 3.8) is 0 Å². The Morgan fingerprint density at radius 3 is 2.32 bits per heavy atom. The Hall–Kier alpha value is -2.07. The maximum Gasteiger partial charge on any atom is 0.216 e. The molecule has 4 heteroatoms. The Morgan fingerprint density at radius 1 is 0.864 bits per heavy atom. The van der Waals surface area contributed by atoms with Crippen LogP contribution in [0.1, 0.15) is 5.56 Å². The first-order chi connectivity index (χ1) is 10.3. The summed E-state index contributed by atoms with van der Waals surface area (Å²) in [5.41, 5.74) is 2.39. The summed E-state index contributed by atoms with van der Waals surface area (Å²) in [5, 5.41) is 1.12. The van der Waals surface area contributed by atoms with E-state index in [0.717, 1.165) is 28.9 Å². The molecule has 3 rings (SSSR count). The van der Waals surface area contributed by atoms with Crippen molar-refractivity contribution in [3.05, 3.63) is 66.4 Å². The van der Waals surface area contributed by atoms with Crippen LogP contribution in [-0.2, 0) is 6.54 Å². The van der Waals surface area contributed by atoms with Crippen molar-refractivity contribution in [2.45, 2.75) is 6.54 Å². The number of fused-ring (bicyclic) bond motifs is 1. The summed E-state index contributed by atoms with van der Waals surface area (Å²) >= 11 is 0. The van der Waals surface area contributed by atoms with Gasteiger partial charge in [-0.25, -0.2) is 0 Å². The highest BCUT2D eigenvalue weighted by molar-refractivity contribution is 5.82. The molecular formula is C18H18BrNO2. The van der Waals surface area contributed by atoms with Gasteiger partial charge in [0.2, 0.25) is 5.52 Å². The number of aromatic nitrogens is 1. The van der Waals surface area contributed by atoms with Crippen molar-refractivity contribution in [3.8, 4) is 11.5 Å². The zero-order valence-electron chi connectivity index (χ0n) is 12.6. The average Bonchev–Trinajstić information content (AvgIpc) is 2.55. The molecule has 0 saturated heterocycles.